The highest BCUT2D eigenvalue weighted by atomic mass is 32.1. The molecule has 0 aliphatic carbocycles. The molecule has 0 spiro atoms. The quantitative estimate of drug-likeness (QED) is 0.203. The lowest BCUT2D eigenvalue weighted by Crippen LogP contribution is -2.39. The number of hydrogen-bond acceptors (Lipinski definition) is 8. The lowest BCUT2D eigenvalue weighted by Gasteiger charge is -2.27. The Morgan fingerprint density at radius 2 is 1.78 bits per heavy atom. The third-order valence-electron chi connectivity index (χ3n) is 7.91. The van der Waals surface area contributed by atoms with Crippen molar-refractivity contribution in [1.29, 1.82) is 5.26 Å². The molecule has 0 bridgehead atoms. The van der Waals surface area contributed by atoms with Gasteiger partial charge in [-0.3, -0.25) is 14.2 Å². The number of allylic oxidation sites excluding steroid dienone is 2. The minimum Gasteiger partial charge on any atom is -0.496 e. The van der Waals surface area contributed by atoms with Crippen LogP contribution in [0.4, 0.5) is 0 Å². The largest absolute Gasteiger partial charge is 0.496 e. The van der Waals surface area contributed by atoms with Gasteiger partial charge < -0.3 is 14.2 Å². The van der Waals surface area contributed by atoms with E-state index in [9.17, 15) is 14.9 Å². The molecule has 0 unspecified atom stereocenters. The smallest absolute Gasteiger partial charge is 0.271 e. The lowest BCUT2D eigenvalue weighted by atomic mass is 9.89. The molecule has 46 heavy (non-hydrogen) atoms. The zero-order valence-electron chi connectivity index (χ0n) is 25.9. The Hall–Kier alpha value is -5.46. The molecule has 0 saturated heterocycles. The van der Waals surface area contributed by atoms with Crippen LogP contribution in [0, 0.1) is 11.3 Å². The second kappa shape index (κ2) is 12.9. The zero-order valence-corrected chi connectivity index (χ0v) is 26.7. The molecule has 0 radical (unpaired) electrons. The predicted octanol–water partition coefficient (Wildman–Crippen LogP) is 5.84. The summed E-state index contributed by atoms with van der Waals surface area (Å²) in [4.78, 5) is 32.6. The maximum atomic E-state index is 14.2. The fourth-order valence-electron chi connectivity index (χ4n) is 5.84. The Balaban J connectivity index is 1.46. The van der Waals surface area contributed by atoms with Crippen LogP contribution in [0.5, 0.6) is 17.2 Å². The summed E-state index contributed by atoms with van der Waals surface area (Å²) in [6.07, 6.45) is 1.80. The summed E-state index contributed by atoms with van der Waals surface area (Å²) in [5, 5.41) is 11.3. The van der Waals surface area contributed by atoms with Crippen LogP contribution in [0.1, 0.15) is 49.1 Å². The van der Waals surface area contributed by atoms with Crippen LogP contribution in [0.2, 0.25) is 0 Å². The molecule has 1 atom stereocenters. The number of fused-ring (bicyclic) bond motifs is 2. The van der Waals surface area contributed by atoms with Gasteiger partial charge in [-0.2, -0.15) is 5.26 Å². The van der Waals surface area contributed by atoms with E-state index in [4.69, 9.17) is 19.2 Å². The van der Waals surface area contributed by atoms with Crippen LogP contribution < -0.4 is 29.1 Å². The molecule has 9 heteroatoms. The molecular weight excluding hydrogens is 598 g/mol. The van der Waals surface area contributed by atoms with Crippen molar-refractivity contribution in [1.82, 2.24) is 4.57 Å². The Bertz CT molecular complexity index is 2260. The molecule has 0 N–H and O–H groups in total. The topological polar surface area (TPSA) is 103 Å². The SMILES string of the molecule is CCOc1cc(C=c2sc3n(c2=O)[C@H](c2c(OC)ccc4ccccc24)C(C(C)=O)=C(C)N=3)ccc1OCc1ccccc1C#N. The number of Topliss-reactive ketones (excluding diaryl/α,β-unsaturated/α-hetero) is 1. The lowest BCUT2D eigenvalue weighted by molar-refractivity contribution is -0.114. The Morgan fingerprint density at radius 1 is 1.02 bits per heavy atom. The van der Waals surface area contributed by atoms with E-state index in [1.165, 1.54) is 18.3 Å². The second-order valence-corrected chi connectivity index (χ2v) is 11.7. The normalized spacial score (nSPS) is 14.4. The van der Waals surface area contributed by atoms with Crippen LogP contribution in [0.3, 0.4) is 0 Å². The Morgan fingerprint density at radius 3 is 2.54 bits per heavy atom. The molecule has 1 aliphatic heterocycles. The second-order valence-electron chi connectivity index (χ2n) is 10.7. The van der Waals surface area contributed by atoms with Gasteiger partial charge >= 0.3 is 0 Å². The van der Waals surface area contributed by atoms with Gasteiger partial charge in [0.2, 0.25) is 0 Å². The van der Waals surface area contributed by atoms with Gasteiger partial charge in [0.15, 0.2) is 22.1 Å². The first kappa shape index (κ1) is 30.6. The van der Waals surface area contributed by atoms with Crippen LogP contribution >= 0.6 is 11.3 Å². The number of aromatic nitrogens is 1. The predicted molar refractivity (Wildman–Crippen MR) is 178 cm³/mol. The molecule has 230 valence electrons. The third kappa shape index (κ3) is 5.59. The first-order valence-electron chi connectivity index (χ1n) is 14.8. The van der Waals surface area contributed by atoms with Crippen molar-refractivity contribution in [3.8, 4) is 23.3 Å². The standard InChI is InChI=1S/C37H31N3O5S/c1-5-44-31-18-24(14-16-29(31)45-21-27-12-7-6-11-26(27)20-38)19-32-36(42)40-35(33(23(3)41)22(2)39-37(40)46-32)34-28-13-9-8-10-25(28)15-17-30(34)43-4/h6-19,35H,5,21H2,1-4H3/t35-/m0/s1. The third-order valence-corrected chi connectivity index (χ3v) is 8.89. The summed E-state index contributed by atoms with van der Waals surface area (Å²) < 4.78 is 19.8. The summed E-state index contributed by atoms with van der Waals surface area (Å²) in [7, 11) is 1.59. The van der Waals surface area contributed by atoms with Crippen LogP contribution in [0.25, 0.3) is 16.8 Å². The molecule has 0 saturated carbocycles. The van der Waals surface area contributed by atoms with Crippen molar-refractivity contribution in [2.45, 2.75) is 33.4 Å². The zero-order chi connectivity index (χ0) is 32.4. The highest BCUT2D eigenvalue weighted by Crippen LogP contribution is 2.40. The summed E-state index contributed by atoms with van der Waals surface area (Å²) in [5.41, 5.74) is 3.56. The van der Waals surface area contributed by atoms with Gasteiger partial charge in [0.1, 0.15) is 12.4 Å². The van der Waals surface area contributed by atoms with Gasteiger partial charge in [-0.25, -0.2) is 4.99 Å². The maximum absolute atomic E-state index is 14.2. The van der Waals surface area contributed by atoms with E-state index < -0.39 is 6.04 Å². The number of rotatable bonds is 9. The van der Waals surface area contributed by atoms with Crippen LogP contribution in [0.15, 0.2) is 99.9 Å². The molecule has 2 heterocycles. The summed E-state index contributed by atoms with van der Waals surface area (Å²) in [6, 6.07) is 25.9. The highest BCUT2D eigenvalue weighted by molar-refractivity contribution is 7.07. The van der Waals surface area contributed by atoms with Crippen LogP contribution in [-0.2, 0) is 11.4 Å². The summed E-state index contributed by atoms with van der Waals surface area (Å²) in [5.74, 6) is 1.47. The maximum Gasteiger partial charge on any atom is 0.271 e. The van der Waals surface area contributed by atoms with E-state index in [2.05, 4.69) is 6.07 Å². The minimum atomic E-state index is -0.719. The van der Waals surface area contributed by atoms with E-state index in [0.717, 1.165) is 27.5 Å². The number of hydrogen-bond donors (Lipinski definition) is 0. The van der Waals surface area contributed by atoms with E-state index >= 15 is 0 Å². The molecule has 5 aromatic rings. The van der Waals surface area contributed by atoms with Gasteiger partial charge in [-0.15, -0.1) is 0 Å². The molecule has 0 fully saturated rings. The molecular formula is C37H31N3O5S. The van der Waals surface area contributed by atoms with Crippen molar-refractivity contribution in [3.05, 3.63) is 132 Å². The first-order valence-corrected chi connectivity index (χ1v) is 15.6. The number of carbonyl (C=O) groups is 1. The molecule has 4 aromatic carbocycles. The molecule has 0 amide bonds. The Kier molecular flexibility index (Phi) is 8.55. The molecule has 1 aromatic heterocycles. The fraction of sp³-hybridized carbons (Fsp3) is 0.189. The average molecular weight is 630 g/mol. The van der Waals surface area contributed by atoms with Gasteiger partial charge in [0.25, 0.3) is 5.56 Å². The number of nitriles is 1. The minimum absolute atomic E-state index is 0.162. The monoisotopic (exact) mass is 629 g/mol. The average Bonchev–Trinajstić information content (AvgIpc) is 3.36. The van der Waals surface area contributed by atoms with Crippen molar-refractivity contribution in [2.24, 2.45) is 4.99 Å². The van der Waals surface area contributed by atoms with Crippen molar-refractivity contribution in [3.63, 3.8) is 0 Å². The van der Waals surface area contributed by atoms with Gasteiger partial charge in [0.05, 0.1) is 35.9 Å². The summed E-state index contributed by atoms with van der Waals surface area (Å²) >= 11 is 1.27. The Labute approximate surface area is 269 Å². The van der Waals surface area contributed by atoms with Crippen molar-refractivity contribution in [2.75, 3.05) is 13.7 Å². The molecule has 8 nitrogen and oxygen atoms in total. The number of ether oxygens (including phenoxy) is 3. The first-order chi connectivity index (χ1) is 22.3. The number of thiazole rings is 1. The molecule has 6 rings (SSSR count). The van der Waals surface area contributed by atoms with Gasteiger partial charge in [-0.1, -0.05) is 65.9 Å². The number of carbonyl (C=O) groups excluding carboxylic acids is 1. The van der Waals surface area contributed by atoms with E-state index in [0.29, 0.717) is 50.0 Å². The highest BCUT2D eigenvalue weighted by Gasteiger charge is 2.33. The van der Waals surface area contributed by atoms with E-state index in [1.54, 1.807) is 36.8 Å². The number of ketones is 1. The number of benzene rings is 4. The van der Waals surface area contributed by atoms with Crippen LogP contribution in [-0.4, -0.2) is 24.1 Å². The number of methoxy groups -OCH3 is 1. The fourth-order valence-corrected chi connectivity index (χ4v) is 6.89. The summed E-state index contributed by atoms with van der Waals surface area (Å²) in [6.45, 7) is 5.82. The number of nitrogens with zero attached hydrogens (tertiary/aromatic N) is 3. The van der Waals surface area contributed by atoms with E-state index in [1.807, 2.05) is 73.7 Å². The molecule has 1 aliphatic rings. The van der Waals surface area contributed by atoms with Gasteiger partial charge in [-0.05, 0) is 67.4 Å². The van der Waals surface area contributed by atoms with Crippen molar-refractivity contribution < 1.29 is 19.0 Å². The van der Waals surface area contributed by atoms with Crippen molar-refractivity contribution >= 4 is 34.0 Å². The van der Waals surface area contributed by atoms with Gasteiger partial charge in [0, 0.05) is 22.4 Å². The van der Waals surface area contributed by atoms with E-state index in [-0.39, 0.29) is 17.9 Å².